The van der Waals surface area contributed by atoms with Crippen molar-refractivity contribution in [2.45, 2.75) is 36.8 Å². The van der Waals surface area contributed by atoms with Gasteiger partial charge in [-0.3, -0.25) is 0 Å². The molecule has 4 atom stereocenters. The van der Waals surface area contributed by atoms with E-state index in [1.54, 1.807) is 0 Å². The molecule has 37 heavy (non-hydrogen) atoms. The van der Waals surface area contributed by atoms with Crippen molar-refractivity contribution >= 4 is 30.1 Å². The Morgan fingerprint density at radius 3 is 1.78 bits per heavy atom. The lowest BCUT2D eigenvalue weighted by Gasteiger charge is -2.41. The summed E-state index contributed by atoms with van der Waals surface area (Å²) in [7, 11) is 0. The average molecular weight is 516 g/mol. The maximum atomic E-state index is 12.4. The number of rotatable bonds is 7. The summed E-state index contributed by atoms with van der Waals surface area (Å²) in [5.74, 6) is -5.41. The second-order valence-corrected chi connectivity index (χ2v) is 8.33. The quantitative estimate of drug-likeness (QED) is 0.156. The van der Waals surface area contributed by atoms with E-state index < -0.39 is 66.2 Å². The lowest BCUT2D eigenvalue weighted by Crippen LogP contribution is -2.58. The summed E-state index contributed by atoms with van der Waals surface area (Å²) in [5.41, 5.74) is -1.73. The lowest BCUT2D eigenvalue weighted by atomic mass is 9.79. The van der Waals surface area contributed by atoms with E-state index in [4.69, 9.17) is 9.47 Å². The molecule has 0 spiro atoms. The van der Waals surface area contributed by atoms with Crippen LogP contribution >= 0.6 is 0 Å². The molecule has 1 fully saturated rings. The van der Waals surface area contributed by atoms with Gasteiger partial charge in [-0.2, -0.15) is 0 Å². The molecule has 2 aromatic carbocycles. The zero-order valence-corrected chi connectivity index (χ0v) is 19.1. The number of aliphatic hydroxyl groups excluding tert-OH is 2. The number of aliphatic carboxylic acids is 1. The first-order valence-electron chi connectivity index (χ1n) is 10.8. The van der Waals surface area contributed by atoms with E-state index in [-0.39, 0.29) is 17.1 Å². The monoisotopic (exact) mass is 516 g/mol. The smallest absolute Gasteiger partial charge is 0.348 e. The van der Waals surface area contributed by atoms with Crippen molar-refractivity contribution in [3.8, 4) is 23.0 Å². The van der Waals surface area contributed by atoms with Crippen LogP contribution in [0.5, 0.6) is 23.0 Å². The van der Waals surface area contributed by atoms with Gasteiger partial charge < -0.3 is 45.2 Å². The van der Waals surface area contributed by atoms with Gasteiger partial charge in [0.2, 0.25) is 5.60 Å². The van der Waals surface area contributed by atoms with Gasteiger partial charge in [-0.1, -0.05) is 12.1 Å². The zero-order valence-electron chi connectivity index (χ0n) is 19.1. The maximum absolute atomic E-state index is 12.4. The Balaban J connectivity index is 1.73. The third-order valence-corrected chi connectivity index (χ3v) is 5.62. The highest BCUT2D eigenvalue weighted by Crippen LogP contribution is 2.35. The number of phenols is 4. The van der Waals surface area contributed by atoms with Crippen LogP contribution in [0.25, 0.3) is 12.2 Å². The normalized spacial score (nSPS) is 23.7. The highest BCUT2D eigenvalue weighted by atomic mass is 16.6. The zero-order chi connectivity index (χ0) is 27.3. The van der Waals surface area contributed by atoms with Crippen molar-refractivity contribution in [2.24, 2.45) is 0 Å². The fourth-order valence-electron chi connectivity index (χ4n) is 3.68. The van der Waals surface area contributed by atoms with Crippen molar-refractivity contribution < 1.29 is 59.6 Å². The molecular weight excluding hydrogens is 492 g/mol. The number of benzene rings is 2. The van der Waals surface area contributed by atoms with Gasteiger partial charge >= 0.3 is 17.9 Å². The van der Waals surface area contributed by atoms with Crippen LogP contribution in [0.4, 0.5) is 0 Å². The number of hydrogen-bond donors (Lipinski definition) is 7. The van der Waals surface area contributed by atoms with Gasteiger partial charge in [0.05, 0.1) is 6.10 Å². The van der Waals surface area contributed by atoms with Crippen LogP contribution in [-0.2, 0) is 23.9 Å². The van der Waals surface area contributed by atoms with Crippen LogP contribution < -0.4 is 0 Å². The summed E-state index contributed by atoms with van der Waals surface area (Å²) >= 11 is 0. The highest BCUT2D eigenvalue weighted by Gasteiger charge is 2.54. The van der Waals surface area contributed by atoms with Crippen molar-refractivity contribution in [3.63, 3.8) is 0 Å². The Morgan fingerprint density at radius 2 is 1.30 bits per heavy atom. The van der Waals surface area contributed by atoms with Crippen LogP contribution in [0.1, 0.15) is 24.0 Å². The van der Waals surface area contributed by atoms with Gasteiger partial charge in [0, 0.05) is 25.0 Å². The summed E-state index contributed by atoms with van der Waals surface area (Å²) < 4.78 is 10.2. The Hall–Kier alpha value is -4.55. The predicted octanol–water partition coefficient (Wildman–Crippen LogP) is 1.03. The third-order valence-electron chi connectivity index (χ3n) is 5.62. The van der Waals surface area contributed by atoms with Gasteiger partial charge in [-0.15, -0.1) is 0 Å². The number of aromatic hydroxyl groups is 4. The van der Waals surface area contributed by atoms with Gasteiger partial charge in [0.1, 0.15) is 12.2 Å². The fourth-order valence-corrected chi connectivity index (χ4v) is 3.68. The van der Waals surface area contributed by atoms with Crippen LogP contribution in [0, 0.1) is 0 Å². The standard InChI is InChI=1S/C25H24O12/c26-15-5-1-13(9-17(15)28)3-7-21(31)36-20-12-25(24(34)35,11-19(30)23(20)33)37-22(32)8-4-14-2-6-16(27)18(29)10-14/h1-10,19-20,23,26-30,33H,11-12H2,(H,34,35)/b7-3+,8-4+/t19?,20?,23-,25-/m0/s1. The molecule has 0 aliphatic heterocycles. The maximum Gasteiger partial charge on any atom is 0.348 e. The Kier molecular flexibility index (Phi) is 8.05. The van der Waals surface area contributed by atoms with E-state index in [2.05, 4.69) is 0 Å². The number of ether oxygens (including phenoxy) is 2. The topological polar surface area (TPSA) is 211 Å². The van der Waals surface area contributed by atoms with Crippen LogP contribution in [-0.4, -0.2) is 77.6 Å². The molecular formula is C25H24O12. The largest absolute Gasteiger partial charge is 0.504 e. The number of phenolic OH excluding ortho intramolecular Hbond substituents is 4. The molecule has 3 rings (SSSR count). The summed E-state index contributed by atoms with van der Waals surface area (Å²) in [5, 5.41) is 68.0. The number of carbonyl (C=O) groups is 3. The molecule has 0 amide bonds. The van der Waals surface area contributed by atoms with Crippen LogP contribution in [0.15, 0.2) is 48.6 Å². The second kappa shape index (κ2) is 11.0. The molecule has 2 unspecified atom stereocenters. The molecule has 1 saturated carbocycles. The predicted molar refractivity (Wildman–Crippen MR) is 125 cm³/mol. The van der Waals surface area contributed by atoms with Crippen molar-refractivity contribution in [1.29, 1.82) is 0 Å². The van der Waals surface area contributed by atoms with Crippen molar-refractivity contribution in [3.05, 3.63) is 59.7 Å². The molecule has 1 aliphatic carbocycles. The second-order valence-electron chi connectivity index (χ2n) is 8.33. The molecule has 12 nitrogen and oxygen atoms in total. The summed E-state index contributed by atoms with van der Waals surface area (Å²) in [4.78, 5) is 36.7. The van der Waals surface area contributed by atoms with E-state index in [9.17, 15) is 50.1 Å². The summed E-state index contributed by atoms with van der Waals surface area (Å²) in [6.45, 7) is 0. The van der Waals surface area contributed by atoms with Gasteiger partial charge in [0.25, 0.3) is 0 Å². The van der Waals surface area contributed by atoms with Crippen molar-refractivity contribution in [1.82, 2.24) is 0 Å². The Labute approximate surface area is 209 Å². The van der Waals surface area contributed by atoms with Crippen LogP contribution in [0.3, 0.4) is 0 Å². The summed E-state index contributed by atoms with van der Waals surface area (Å²) in [6, 6.07) is 7.44. The number of hydrogen-bond acceptors (Lipinski definition) is 11. The minimum Gasteiger partial charge on any atom is -0.504 e. The minimum absolute atomic E-state index is 0.288. The number of carboxylic acids is 1. The van der Waals surface area contributed by atoms with E-state index in [0.29, 0.717) is 5.56 Å². The van der Waals surface area contributed by atoms with Gasteiger partial charge in [-0.05, 0) is 47.5 Å². The van der Waals surface area contributed by atoms with Gasteiger partial charge in [-0.25, -0.2) is 14.4 Å². The molecule has 0 saturated heterocycles. The van der Waals surface area contributed by atoms with Crippen molar-refractivity contribution in [2.75, 3.05) is 0 Å². The first kappa shape index (κ1) is 27.0. The summed E-state index contributed by atoms with van der Waals surface area (Å²) in [6.07, 6.45) is -2.09. The number of carbonyl (C=O) groups excluding carboxylic acids is 2. The molecule has 0 radical (unpaired) electrons. The van der Waals surface area contributed by atoms with E-state index in [1.165, 1.54) is 42.5 Å². The Bertz CT molecular complexity index is 1250. The van der Waals surface area contributed by atoms with Crippen LogP contribution in [0.2, 0.25) is 0 Å². The molecule has 2 aromatic rings. The first-order valence-corrected chi connectivity index (χ1v) is 10.8. The van der Waals surface area contributed by atoms with Gasteiger partial charge in [0.15, 0.2) is 23.0 Å². The molecule has 0 bridgehead atoms. The number of esters is 2. The molecule has 196 valence electrons. The van der Waals surface area contributed by atoms with E-state index >= 15 is 0 Å². The Morgan fingerprint density at radius 1 is 0.784 bits per heavy atom. The SMILES string of the molecule is O=C(/C=C/c1ccc(O)c(O)c1)OC1C[C@](OC(=O)/C=C/c2ccc(O)c(O)c2)(C(=O)O)CC(O)[C@@H]1O. The molecule has 12 heteroatoms. The number of aliphatic hydroxyl groups is 2. The lowest BCUT2D eigenvalue weighted by molar-refractivity contribution is -0.207. The molecule has 0 heterocycles. The minimum atomic E-state index is -2.34. The molecule has 0 aromatic heterocycles. The first-order chi connectivity index (χ1) is 17.4. The van der Waals surface area contributed by atoms with E-state index in [0.717, 1.165) is 18.2 Å². The third kappa shape index (κ3) is 6.57. The average Bonchev–Trinajstić information content (AvgIpc) is 2.83. The molecule has 1 aliphatic rings. The van der Waals surface area contributed by atoms with E-state index in [1.807, 2.05) is 0 Å². The molecule has 7 N–H and O–H groups in total. The number of carboxylic acid groups (broad SMARTS) is 1. The highest BCUT2D eigenvalue weighted by molar-refractivity contribution is 5.91. The fraction of sp³-hybridized carbons (Fsp3) is 0.240.